The standard InChI is InChI=1S/C20H24BrN3O3/c1-12(2)17(19(25)27-5)18(24(13(3)4)20(23)26)16-7-6-14(11-22)10-15(16)8-9-21/h6-7,10,18H,3,8-9H2,1-2,4-5H3,(H2,23,26). The summed E-state index contributed by atoms with van der Waals surface area (Å²) in [6.45, 7) is 9.03. The lowest BCUT2D eigenvalue weighted by atomic mass is 9.88. The van der Waals surface area contributed by atoms with Gasteiger partial charge >= 0.3 is 12.0 Å². The summed E-state index contributed by atoms with van der Waals surface area (Å²) >= 11 is 3.41. The van der Waals surface area contributed by atoms with E-state index in [4.69, 9.17) is 10.5 Å². The molecule has 0 saturated carbocycles. The average molecular weight is 434 g/mol. The molecule has 0 bridgehead atoms. The number of carbonyl (C=O) groups is 2. The van der Waals surface area contributed by atoms with Crippen LogP contribution < -0.4 is 5.73 Å². The second-order valence-electron chi connectivity index (χ2n) is 6.22. The molecular formula is C20H24BrN3O3. The van der Waals surface area contributed by atoms with Gasteiger partial charge in [0.25, 0.3) is 0 Å². The van der Waals surface area contributed by atoms with Crippen molar-refractivity contribution >= 4 is 27.9 Å². The third-order valence-corrected chi connectivity index (χ3v) is 4.45. The van der Waals surface area contributed by atoms with Gasteiger partial charge in [0.05, 0.1) is 30.4 Å². The maximum atomic E-state index is 12.6. The normalized spacial score (nSPS) is 11.1. The van der Waals surface area contributed by atoms with Crippen molar-refractivity contribution in [2.24, 2.45) is 5.73 Å². The average Bonchev–Trinajstić information content (AvgIpc) is 2.60. The number of ether oxygens (including phenoxy) is 1. The Kier molecular flexibility index (Phi) is 8.26. The predicted molar refractivity (Wildman–Crippen MR) is 108 cm³/mol. The zero-order valence-corrected chi connectivity index (χ0v) is 17.6. The van der Waals surface area contributed by atoms with Crippen LogP contribution in [0.5, 0.6) is 0 Å². The van der Waals surface area contributed by atoms with Crippen molar-refractivity contribution in [3.63, 3.8) is 0 Å². The molecule has 1 aromatic carbocycles. The van der Waals surface area contributed by atoms with Crippen molar-refractivity contribution in [2.75, 3.05) is 12.4 Å². The van der Waals surface area contributed by atoms with Gasteiger partial charge in [0, 0.05) is 11.0 Å². The lowest BCUT2D eigenvalue weighted by molar-refractivity contribution is -0.136. The fourth-order valence-corrected chi connectivity index (χ4v) is 3.35. The van der Waals surface area contributed by atoms with Gasteiger partial charge in [0.15, 0.2) is 0 Å². The molecule has 1 unspecified atom stereocenters. The third kappa shape index (κ3) is 5.20. The van der Waals surface area contributed by atoms with Crippen LogP contribution in [0.15, 0.2) is 41.6 Å². The quantitative estimate of drug-likeness (QED) is 0.399. The minimum Gasteiger partial charge on any atom is -0.466 e. The van der Waals surface area contributed by atoms with E-state index in [-0.39, 0.29) is 0 Å². The minimum atomic E-state index is -0.806. The van der Waals surface area contributed by atoms with Crippen molar-refractivity contribution in [2.45, 2.75) is 33.2 Å². The molecule has 2 N–H and O–H groups in total. The summed E-state index contributed by atoms with van der Waals surface area (Å²) in [6.07, 6.45) is 0.599. The number of nitrogens with zero attached hydrogens (tertiary/aromatic N) is 2. The van der Waals surface area contributed by atoms with E-state index in [0.29, 0.717) is 39.7 Å². The van der Waals surface area contributed by atoms with Crippen molar-refractivity contribution in [3.05, 3.63) is 58.3 Å². The Labute approximate surface area is 168 Å². The lowest BCUT2D eigenvalue weighted by Gasteiger charge is -2.33. The van der Waals surface area contributed by atoms with Crippen molar-refractivity contribution in [3.8, 4) is 6.07 Å². The van der Waals surface area contributed by atoms with E-state index in [1.54, 1.807) is 39.0 Å². The number of primary amides is 1. The number of amides is 2. The molecule has 2 amide bonds. The van der Waals surface area contributed by atoms with E-state index in [1.165, 1.54) is 12.0 Å². The molecule has 0 spiro atoms. The molecule has 1 rings (SSSR count). The molecule has 0 aromatic heterocycles. The van der Waals surface area contributed by atoms with Gasteiger partial charge in [-0.3, -0.25) is 4.90 Å². The Bertz CT molecular complexity index is 806. The lowest BCUT2D eigenvalue weighted by Crippen LogP contribution is -2.40. The van der Waals surface area contributed by atoms with Crippen LogP contribution >= 0.6 is 15.9 Å². The van der Waals surface area contributed by atoms with E-state index in [9.17, 15) is 14.9 Å². The van der Waals surface area contributed by atoms with Gasteiger partial charge in [-0.15, -0.1) is 0 Å². The molecule has 7 heteroatoms. The highest BCUT2D eigenvalue weighted by atomic mass is 79.9. The maximum Gasteiger partial charge on any atom is 0.336 e. The molecule has 144 valence electrons. The number of allylic oxidation sites excluding steroid dienone is 2. The van der Waals surface area contributed by atoms with Crippen LogP contribution in [0.1, 0.15) is 43.5 Å². The molecular weight excluding hydrogens is 410 g/mol. The van der Waals surface area contributed by atoms with E-state index in [2.05, 4.69) is 28.6 Å². The first-order valence-corrected chi connectivity index (χ1v) is 9.40. The number of nitriles is 1. The summed E-state index contributed by atoms with van der Waals surface area (Å²) in [7, 11) is 1.29. The van der Waals surface area contributed by atoms with E-state index >= 15 is 0 Å². The van der Waals surface area contributed by atoms with Gasteiger partial charge in [0.1, 0.15) is 0 Å². The predicted octanol–water partition coefficient (Wildman–Crippen LogP) is 3.96. The highest BCUT2D eigenvalue weighted by molar-refractivity contribution is 9.09. The molecule has 0 radical (unpaired) electrons. The monoisotopic (exact) mass is 433 g/mol. The number of hydrogen-bond acceptors (Lipinski definition) is 4. The molecule has 1 atom stereocenters. The molecule has 6 nitrogen and oxygen atoms in total. The number of rotatable bonds is 7. The summed E-state index contributed by atoms with van der Waals surface area (Å²) in [6, 6.07) is 5.72. The Morgan fingerprint density at radius 2 is 2.00 bits per heavy atom. The van der Waals surface area contributed by atoms with Gasteiger partial charge in [-0.2, -0.15) is 5.26 Å². The number of halogens is 1. The van der Waals surface area contributed by atoms with Crippen molar-refractivity contribution in [1.29, 1.82) is 5.26 Å². The number of urea groups is 1. The second kappa shape index (κ2) is 9.93. The molecule has 0 aliphatic rings. The van der Waals surface area contributed by atoms with Crippen LogP contribution in [0.25, 0.3) is 0 Å². The number of aryl methyl sites for hydroxylation is 1. The topological polar surface area (TPSA) is 96.4 Å². The maximum absolute atomic E-state index is 12.6. The van der Waals surface area contributed by atoms with Gasteiger partial charge in [-0.05, 0) is 50.5 Å². The molecule has 0 fully saturated rings. The number of benzene rings is 1. The number of nitrogens with two attached hydrogens (primary N) is 1. The van der Waals surface area contributed by atoms with Crippen LogP contribution in [0.3, 0.4) is 0 Å². The molecule has 27 heavy (non-hydrogen) atoms. The molecule has 0 aliphatic heterocycles. The second-order valence-corrected chi connectivity index (χ2v) is 7.01. The fraction of sp³-hybridized carbons (Fsp3) is 0.350. The highest BCUT2D eigenvalue weighted by Crippen LogP contribution is 2.36. The van der Waals surface area contributed by atoms with Gasteiger partial charge in [0.2, 0.25) is 0 Å². The molecule has 0 aliphatic carbocycles. The molecule has 0 saturated heterocycles. The number of carbonyl (C=O) groups excluding carboxylic acids is 2. The van der Waals surface area contributed by atoms with Gasteiger partial charge < -0.3 is 10.5 Å². The highest BCUT2D eigenvalue weighted by Gasteiger charge is 2.34. The summed E-state index contributed by atoms with van der Waals surface area (Å²) in [5.74, 6) is -0.554. The molecule has 0 heterocycles. The van der Waals surface area contributed by atoms with E-state index in [0.717, 1.165) is 5.56 Å². The van der Waals surface area contributed by atoms with Crippen LogP contribution in [0.4, 0.5) is 4.79 Å². The van der Waals surface area contributed by atoms with Gasteiger partial charge in [-0.25, -0.2) is 9.59 Å². The van der Waals surface area contributed by atoms with Crippen LogP contribution in [-0.4, -0.2) is 29.3 Å². The van der Waals surface area contributed by atoms with Crippen molar-refractivity contribution < 1.29 is 14.3 Å². The smallest absolute Gasteiger partial charge is 0.336 e. The van der Waals surface area contributed by atoms with Crippen LogP contribution in [-0.2, 0) is 16.0 Å². The summed E-state index contributed by atoms with van der Waals surface area (Å²) < 4.78 is 4.96. The first kappa shape index (κ1) is 22.5. The Balaban J connectivity index is 3.87. The Hall–Kier alpha value is -2.59. The number of esters is 1. The largest absolute Gasteiger partial charge is 0.466 e. The summed E-state index contributed by atoms with van der Waals surface area (Å²) in [4.78, 5) is 26.1. The Morgan fingerprint density at radius 1 is 1.37 bits per heavy atom. The number of alkyl halides is 1. The molecule has 1 aromatic rings. The number of methoxy groups -OCH3 is 1. The SMILES string of the molecule is C=C(C)N(C(N)=O)C(C(C(=O)OC)=C(C)C)c1ccc(C#N)cc1CCBr. The minimum absolute atomic E-state index is 0.305. The zero-order chi connectivity index (χ0) is 20.7. The first-order chi connectivity index (χ1) is 12.7. The first-order valence-electron chi connectivity index (χ1n) is 8.28. The zero-order valence-electron chi connectivity index (χ0n) is 16.0. The van der Waals surface area contributed by atoms with E-state index in [1.807, 2.05) is 0 Å². The van der Waals surface area contributed by atoms with Gasteiger partial charge in [-0.1, -0.05) is 34.1 Å². The fourth-order valence-electron chi connectivity index (χ4n) is 2.92. The van der Waals surface area contributed by atoms with Crippen molar-refractivity contribution in [1.82, 2.24) is 4.90 Å². The summed E-state index contributed by atoms with van der Waals surface area (Å²) in [5, 5.41) is 9.87. The van der Waals surface area contributed by atoms with Crippen LogP contribution in [0.2, 0.25) is 0 Å². The Morgan fingerprint density at radius 3 is 2.41 bits per heavy atom. The van der Waals surface area contributed by atoms with Crippen LogP contribution in [0, 0.1) is 11.3 Å². The third-order valence-electron chi connectivity index (χ3n) is 4.05. The van der Waals surface area contributed by atoms with E-state index < -0.39 is 18.0 Å². The summed E-state index contributed by atoms with van der Waals surface area (Å²) in [5.41, 5.74) is 9.02. The number of hydrogen-bond donors (Lipinski definition) is 1.